The number of carbonyl (C=O) groups excluding carboxylic acids is 2. The third-order valence-electron chi connectivity index (χ3n) is 5.58. The zero-order valence-corrected chi connectivity index (χ0v) is 16.2. The summed E-state index contributed by atoms with van der Waals surface area (Å²) in [7, 11) is 0. The maximum absolute atomic E-state index is 13.9. The Bertz CT molecular complexity index is 874. The number of amides is 2. The van der Waals surface area contributed by atoms with Crippen LogP contribution >= 0.6 is 0 Å². The molecule has 0 spiro atoms. The van der Waals surface area contributed by atoms with Crippen molar-refractivity contribution in [1.29, 1.82) is 0 Å². The van der Waals surface area contributed by atoms with Crippen LogP contribution in [0.25, 0.3) is 0 Å². The molecule has 0 radical (unpaired) electrons. The molecule has 4 rings (SSSR count). The molecule has 1 aliphatic heterocycles. The Labute approximate surface area is 164 Å². The van der Waals surface area contributed by atoms with Crippen molar-refractivity contribution in [2.24, 2.45) is 5.92 Å². The van der Waals surface area contributed by atoms with Crippen molar-refractivity contribution in [2.45, 2.75) is 38.8 Å². The topological polar surface area (TPSA) is 45.6 Å². The predicted molar refractivity (Wildman–Crippen MR) is 104 cm³/mol. The van der Waals surface area contributed by atoms with Crippen LogP contribution in [0.4, 0.5) is 4.39 Å². The monoisotopic (exact) mass is 383 g/mol. The van der Waals surface area contributed by atoms with Crippen LogP contribution in [0.5, 0.6) is 0 Å². The van der Waals surface area contributed by atoms with E-state index < -0.39 is 0 Å². The van der Waals surface area contributed by atoms with Gasteiger partial charge in [0.05, 0.1) is 12.6 Å². The normalized spacial score (nSPS) is 18.6. The van der Waals surface area contributed by atoms with Gasteiger partial charge in [0.25, 0.3) is 0 Å². The zero-order valence-electron chi connectivity index (χ0n) is 16.2. The van der Waals surface area contributed by atoms with E-state index in [1.165, 1.54) is 12.1 Å². The first-order chi connectivity index (χ1) is 13.6. The van der Waals surface area contributed by atoms with Gasteiger partial charge in [-0.05, 0) is 49.1 Å². The summed E-state index contributed by atoms with van der Waals surface area (Å²) in [5, 5.41) is 0. The van der Waals surface area contributed by atoms with Gasteiger partial charge in [0.1, 0.15) is 5.82 Å². The fraction of sp³-hybridized carbons (Fsp3) is 0.455. The van der Waals surface area contributed by atoms with Crippen LogP contribution in [0.1, 0.15) is 43.5 Å². The van der Waals surface area contributed by atoms with E-state index in [-0.39, 0.29) is 36.1 Å². The van der Waals surface area contributed by atoms with Crippen LogP contribution < -0.4 is 0 Å². The van der Waals surface area contributed by atoms with E-state index in [4.69, 9.17) is 0 Å². The maximum atomic E-state index is 13.9. The number of hydrogen-bond acceptors (Lipinski definition) is 2. The SMILES string of the molecule is CCCN(CC(=O)N1CCn2cccc2C1c1cccc(F)c1)C(=O)C1CC1. The summed E-state index contributed by atoms with van der Waals surface area (Å²) in [6.07, 6.45) is 4.66. The number of benzene rings is 1. The highest BCUT2D eigenvalue weighted by atomic mass is 19.1. The Morgan fingerprint density at radius 3 is 2.71 bits per heavy atom. The summed E-state index contributed by atoms with van der Waals surface area (Å²) in [5.41, 5.74) is 1.73. The summed E-state index contributed by atoms with van der Waals surface area (Å²) < 4.78 is 16.0. The molecule has 28 heavy (non-hydrogen) atoms. The smallest absolute Gasteiger partial charge is 0.243 e. The van der Waals surface area contributed by atoms with E-state index in [2.05, 4.69) is 4.57 Å². The van der Waals surface area contributed by atoms with Gasteiger partial charge in [0.2, 0.25) is 11.8 Å². The molecule has 1 fully saturated rings. The van der Waals surface area contributed by atoms with Crippen molar-refractivity contribution in [3.63, 3.8) is 0 Å². The van der Waals surface area contributed by atoms with Crippen LogP contribution in [-0.2, 0) is 16.1 Å². The van der Waals surface area contributed by atoms with Crippen LogP contribution in [0.2, 0.25) is 0 Å². The molecule has 0 bridgehead atoms. The number of hydrogen-bond donors (Lipinski definition) is 0. The second kappa shape index (κ2) is 7.78. The first kappa shape index (κ1) is 18.7. The Morgan fingerprint density at radius 1 is 1.18 bits per heavy atom. The Morgan fingerprint density at radius 2 is 2.00 bits per heavy atom. The van der Waals surface area contributed by atoms with E-state index in [1.807, 2.05) is 31.3 Å². The standard InChI is InChI=1S/C22H26FN3O2/c1-2-10-25(22(28)16-8-9-16)15-20(27)26-13-12-24-11-4-7-19(24)21(26)17-5-3-6-18(23)14-17/h3-7,11,14,16,21H,2,8-10,12-13,15H2,1H3. The zero-order chi connectivity index (χ0) is 19.7. The molecular formula is C22H26FN3O2. The molecule has 2 aromatic rings. The molecule has 0 saturated heterocycles. The predicted octanol–water partition coefficient (Wildman–Crippen LogP) is 3.21. The molecule has 5 nitrogen and oxygen atoms in total. The van der Waals surface area contributed by atoms with E-state index in [1.54, 1.807) is 15.9 Å². The van der Waals surface area contributed by atoms with Crippen molar-refractivity contribution in [2.75, 3.05) is 19.6 Å². The van der Waals surface area contributed by atoms with Crippen molar-refractivity contribution in [3.8, 4) is 0 Å². The van der Waals surface area contributed by atoms with Gasteiger partial charge in [0, 0.05) is 37.4 Å². The number of halogens is 1. The molecule has 2 aliphatic rings. The lowest BCUT2D eigenvalue weighted by atomic mass is 9.99. The minimum Gasteiger partial charge on any atom is -0.348 e. The van der Waals surface area contributed by atoms with Gasteiger partial charge >= 0.3 is 0 Å². The van der Waals surface area contributed by atoms with E-state index in [0.29, 0.717) is 19.6 Å². The van der Waals surface area contributed by atoms with E-state index >= 15 is 0 Å². The summed E-state index contributed by atoms with van der Waals surface area (Å²) in [6.45, 7) is 3.94. The molecule has 1 unspecified atom stereocenters. The Kier molecular flexibility index (Phi) is 5.20. The van der Waals surface area contributed by atoms with Gasteiger partial charge in [0.15, 0.2) is 0 Å². The molecule has 1 aromatic carbocycles. The van der Waals surface area contributed by atoms with Gasteiger partial charge in [-0.25, -0.2) is 4.39 Å². The molecule has 1 aliphatic carbocycles. The third kappa shape index (κ3) is 3.68. The molecule has 1 aromatic heterocycles. The summed E-state index contributed by atoms with van der Waals surface area (Å²) in [5.74, 6) is -0.205. The fourth-order valence-corrected chi connectivity index (χ4v) is 4.06. The fourth-order valence-electron chi connectivity index (χ4n) is 4.06. The molecule has 2 amide bonds. The number of carbonyl (C=O) groups is 2. The first-order valence-corrected chi connectivity index (χ1v) is 10.1. The lowest BCUT2D eigenvalue weighted by molar-refractivity contribution is -0.142. The molecule has 0 N–H and O–H groups in total. The highest BCUT2D eigenvalue weighted by molar-refractivity contribution is 5.87. The van der Waals surface area contributed by atoms with Crippen molar-refractivity contribution >= 4 is 11.8 Å². The minimum absolute atomic E-state index is 0.0795. The first-order valence-electron chi connectivity index (χ1n) is 10.1. The molecular weight excluding hydrogens is 357 g/mol. The number of nitrogens with zero attached hydrogens (tertiary/aromatic N) is 3. The number of rotatable bonds is 6. The average Bonchev–Trinajstić information content (AvgIpc) is 3.43. The largest absolute Gasteiger partial charge is 0.348 e. The van der Waals surface area contributed by atoms with Gasteiger partial charge in [-0.15, -0.1) is 0 Å². The lowest BCUT2D eigenvalue weighted by Crippen LogP contribution is -2.48. The second-order valence-electron chi connectivity index (χ2n) is 7.71. The Hall–Kier alpha value is -2.63. The van der Waals surface area contributed by atoms with Gasteiger partial charge in [-0.2, -0.15) is 0 Å². The summed E-state index contributed by atoms with van der Waals surface area (Å²) in [4.78, 5) is 29.3. The Balaban J connectivity index is 1.61. The summed E-state index contributed by atoms with van der Waals surface area (Å²) >= 11 is 0. The van der Waals surface area contributed by atoms with Crippen LogP contribution in [0.15, 0.2) is 42.6 Å². The van der Waals surface area contributed by atoms with E-state index in [0.717, 1.165) is 30.5 Å². The third-order valence-corrected chi connectivity index (χ3v) is 5.58. The average molecular weight is 383 g/mol. The second-order valence-corrected chi connectivity index (χ2v) is 7.71. The van der Waals surface area contributed by atoms with E-state index in [9.17, 15) is 14.0 Å². The quantitative estimate of drug-likeness (QED) is 0.769. The summed E-state index contributed by atoms with van der Waals surface area (Å²) in [6, 6.07) is 10.0. The number of aromatic nitrogens is 1. The molecule has 2 heterocycles. The van der Waals surface area contributed by atoms with Gasteiger partial charge in [-0.3, -0.25) is 9.59 Å². The van der Waals surface area contributed by atoms with Crippen LogP contribution in [0.3, 0.4) is 0 Å². The van der Waals surface area contributed by atoms with Crippen molar-refractivity contribution < 1.29 is 14.0 Å². The van der Waals surface area contributed by atoms with Gasteiger partial charge < -0.3 is 14.4 Å². The highest BCUT2D eigenvalue weighted by Crippen LogP contribution is 2.34. The molecule has 148 valence electrons. The molecule has 6 heteroatoms. The van der Waals surface area contributed by atoms with Crippen LogP contribution in [0, 0.1) is 11.7 Å². The molecule has 1 saturated carbocycles. The van der Waals surface area contributed by atoms with Crippen LogP contribution in [-0.4, -0.2) is 45.8 Å². The highest BCUT2D eigenvalue weighted by Gasteiger charge is 2.37. The maximum Gasteiger partial charge on any atom is 0.243 e. The minimum atomic E-state index is -0.341. The van der Waals surface area contributed by atoms with Gasteiger partial charge in [-0.1, -0.05) is 19.1 Å². The van der Waals surface area contributed by atoms with Crippen molar-refractivity contribution in [1.82, 2.24) is 14.4 Å². The number of fused-ring (bicyclic) bond motifs is 1. The molecule has 1 atom stereocenters. The lowest BCUT2D eigenvalue weighted by Gasteiger charge is -2.38. The van der Waals surface area contributed by atoms with Crippen molar-refractivity contribution in [3.05, 3.63) is 59.7 Å².